The maximum absolute atomic E-state index is 13.3. The topological polar surface area (TPSA) is 263 Å². The first kappa shape index (κ1) is 35.7. The Kier molecular flexibility index (Phi) is 15.9. The second-order valence-electron chi connectivity index (χ2n) is 9.66. The minimum absolute atomic E-state index is 0.232. The molecule has 0 saturated carbocycles. The number of carboxylic acids is 1. The van der Waals surface area contributed by atoms with Crippen molar-refractivity contribution >= 4 is 35.5 Å². The third kappa shape index (κ3) is 12.0. The van der Waals surface area contributed by atoms with Crippen LogP contribution in [0.2, 0.25) is 0 Å². The van der Waals surface area contributed by atoms with Gasteiger partial charge in [-0.3, -0.25) is 24.0 Å². The number of aliphatic carboxylic acids is 1. The number of carboxylic acid groups (broad SMARTS) is 1. The molecule has 8 atom stereocenters. The summed E-state index contributed by atoms with van der Waals surface area (Å²) in [6.07, 6.45) is -1.10. The van der Waals surface area contributed by atoms with Gasteiger partial charge in [-0.1, -0.05) is 40.5 Å². The zero-order valence-electron chi connectivity index (χ0n) is 23.1. The lowest BCUT2D eigenvalue weighted by Crippen LogP contribution is -2.61. The molecule has 0 aromatic rings. The Balaban J connectivity index is 5.99. The first-order valence-corrected chi connectivity index (χ1v) is 12.9. The Morgan fingerprint density at radius 1 is 0.744 bits per heavy atom. The summed E-state index contributed by atoms with van der Waals surface area (Å²) in [5, 5.41) is 37.8. The van der Waals surface area contributed by atoms with E-state index in [1.165, 1.54) is 6.92 Å². The predicted octanol–water partition coefficient (Wildman–Crippen LogP) is -2.93. The third-order valence-electron chi connectivity index (χ3n) is 6.48. The molecule has 0 aliphatic carbocycles. The van der Waals surface area contributed by atoms with E-state index in [4.69, 9.17) is 16.6 Å². The summed E-state index contributed by atoms with van der Waals surface area (Å²) < 4.78 is 0. The van der Waals surface area contributed by atoms with Crippen molar-refractivity contribution in [1.82, 2.24) is 21.3 Å². The Morgan fingerprint density at radius 2 is 1.18 bits per heavy atom. The fourth-order valence-electron chi connectivity index (χ4n) is 3.45. The zero-order chi connectivity index (χ0) is 30.4. The molecule has 0 fully saturated rings. The van der Waals surface area contributed by atoms with Gasteiger partial charge >= 0.3 is 5.97 Å². The molecule has 15 nitrogen and oxygen atoms in total. The molecule has 5 amide bonds. The third-order valence-corrected chi connectivity index (χ3v) is 6.48. The average molecular weight is 561 g/mol. The molecule has 0 radical (unpaired) electrons. The van der Waals surface area contributed by atoms with E-state index in [1.54, 1.807) is 27.7 Å². The van der Waals surface area contributed by atoms with Crippen LogP contribution in [0.4, 0.5) is 0 Å². The number of nitrogens with two attached hydrogens (primary N) is 2. The van der Waals surface area contributed by atoms with Crippen LogP contribution in [0.1, 0.15) is 60.3 Å². The van der Waals surface area contributed by atoms with Crippen LogP contribution in [0.5, 0.6) is 0 Å². The Bertz CT molecular complexity index is 869. The highest BCUT2D eigenvalue weighted by molar-refractivity contribution is 5.96. The number of amides is 5. The van der Waals surface area contributed by atoms with Gasteiger partial charge < -0.3 is 48.1 Å². The monoisotopic (exact) mass is 560 g/mol. The predicted molar refractivity (Wildman–Crippen MR) is 139 cm³/mol. The fraction of sp³-hybridized carbons (Fsp3) is 0.750. The Morgan fingerprint density at radius 3 is 1.56 bits per heavy atom. The van der Waals surface area contributed by atoms with Gasteiger partial charge in [-0.2, -0.15) is 0 Å². The number of aliphatic hydroxyl groups is 2. The van der Waals surface area contributed by atoms with Crippen molar-refractivity contribution in [3.8, 4) is 0 Å². The van der Waals surface area contributed by atoms with Crippen molar-refractivity contribution in [2.24, 2.45) is 23.3 Å². The van der Waals surface area contributed by atoms with Gasteiger partial charge in [0.05, 0.1) is 12.7 Å². The van der Waals surface area contributed by atoms with Crippen LogP contribution in [0.3, 0.4) is 0 Å². The molecule has 39 heavy (non-hydrogen) atoms. The molecule has 0 aromatic carbocycles. The van der Waals surface area contributed by atoms with Crippen LogP contribution in [-0.4, -0.2) is 93.7 Å². The number of rotatable bonds is 18. The van der Waals surface area contributed by atoms with Gasteiger partial charge in [-0.05, 0) is 25.2 Å². The molecule has 0 saturated heterocycles. The number of primary amides is 1. The van der Waals surface area contributed by atoms with E-state index in [2.05, 4.69) is 21.3 Å². The number of hydrogen-bond donors (Lipinski definition) is 9. The van der Waals surface area contributed by atoms with E-state index in [9.17, 15) is 39.0 Å². The summed E-state index contributed by atoms with van der Waals surface area (Å²) in [4.78, 5) is 74.4. The number of hydrogen-bond acceptors (Lipinski definition) is 9. The molecule has 0 aliphatic heterocycles. The van der Waals surface area contributed by atoms with Gasteiger partial charge in [0.2, 0.25) is 29.5 Å². The van der Waals surface area contributed by atoms with Crippen molar-refractivity contribution in [3.05, 3.63) is 0 Å². The summed E-state index contributed by atoms with van der Waals surface area (Å²) in [7, 11) is 0. The maximum Gasteiger partial charge on any atom is 0.328 e. The minimum Gasteiger partial charge on any atom is -0.480 e. The Labute approximate surface area is 227 Å². The molecule has 0 rings (SSSR count). The molecule has 15 heteroatoms. The molecule has 0 spiro atoms. The molecule has 0 aliphatic rings. The zero-order valence-corrected chi connectivity index (χ0v) is 23.1. The van der Waals surface area contributed by atoms with Crippen LogP contribution in [-0.2, 0) is 28.8 Å². The van der Waals surface area contributed by atoms with E-state index in [1.807, 2.05) is 0 Å². The highest BCUT2D eigenvalue weighted by Crippen LogP contribution is 2.12. The molecule has 224 valence electrons. The minimum atomic E-state index is -1.63. The van der Waals surface area contributed by atoms with Gasteiger partial charge in [0.15, 0.2) is 6.04 Å². The van der Waals surface area contributed by atoms with Gasteiger partial charge in [0, 0.05) is 6.42 Å². The average Bonchev–Trinajstić information content (AvgIpc) is 2.88. The van der Waals surface area contributed by atoms with Crippen molar-refractivity contribution < 1.29 is 44.1 Å². The maximum atomic E-state index is 13.3. The quantitative estimate of drug-likeness (QED) is 0.0823. The van der Waals surface area contributed by atoms with Gasteiger partial charge in [-0.25, -0.2) is 4.79 Å². The smallest absolute Gasteiger partial charge is 0.328 e. The second kappa shape index (κ2) is 17.3. The largest absolute Gasteiger partial charge is 0.480 e. The molecular weight excluding hydrogens is 516 g/mol. The van der Waals surface area contributed by atoms with E-state index < -0.39 is 90.3 Å². The lowest BCUT2D eigenvalue weighted by molar-refractivity contribution is -0.145. The number of aliphatic hydroxyl groups excluding tert-OH is 2. The van der Waals surface area contributed by atoms with Crippen molar-refractivity contribution in [3.63, 3.8) is 0 Å². The highest BCUT2D eigenvalue weighted by atomic mass is 16.4. The van der Waals surface area contributed by atoms with E-state index in [0.29, 0.717) is 12.8 Å². The normalized spacial score (nSPS) is 17.2. The molecule has 0 unspecified atom stereocenters. The molecular formula is C24H44N6O9. The number of carbonyl (C=O) groups is 6. The summed E-state index contributed by atoms with van der Waals surface area (Å²) >= 11 is 0. The number of carbonyl (C=O) groups excluding carboxylic acids is 5. The molecule has 0 bridgehead atoms. The Hall–Kier alpha value is -3.30. The van der Waals surface area contributed by atoms with Crippen molar-refractivity contribution in [1.29, 1.82) is 0 Å². The van der Waals surface area contributed by atoms with Gasteiger partial charge in [0.1, 0.15) is 24.2 Å². The lowest BCUT2D eigenvalue weighted by atomic mass is 9.96. The summed E-state index contributed by atoms with van der Waals surface area (Å²) in [6.45, 7) is 7.36. The SMILES string of the molecule is CC[C@H](C)[C@H](NC(=O)[C@H](CCC(N)=O)NC(=O)[C@@H](NC(=O)[C@@H](N)CO)[C@@H](C)CC)C(=O)N[C@H](C(=O)O)[C@@H](C)O. The standard InChI is InChI=1S/C24H44N6O9/c1-6-11(3)17(28-20(34)14(25)10-31)22(36)27-15(8-9-16(26)33)21(35)29-18(12(4)7-2)23(37)30-19(13(5)32)24(38)39/h11-15,17-19,31-32H,6-10,25H2,1-5H3,(H2,26,33)(H,27,36)(H,28,34)(H,29,35)(H,30,37)(H,38,39)/t11-,12-,13+,14-,15-,17-,18-,19-/m0/s1. The summed E-state index contributed by atoms with van der Waals surface area (Å²) in [5.41, 5.74) is 10.8. The summed E-state index contributed by atoms with van der Waals surface area (Å²) in [6, 6.07) is -6.64. The van der Waals surface area contributed by atoms with Crippen LogP contribution < -0.4 is 32.7 Å². The summed E-state index contributed by atoms with van der Waals surface area (Å²) in [5.74, 6) is -6.39. The van der Waals surface area contributed by atoms with Gasteiger partial charge in [0.25, 0.3) is 0 Å². The van der Waals surface area contributed by atoms with Crippen LogP contribution in [0.15, 0.2) is 0 Å². The first-order chi connectivity index (χ1) is 18.1. The van der Waals surface area contributed by atoms with E-state index >= 15 is 0 Å². The molecule has 0 aromatic heterocycles. The highest BCUT2D eigenvalue weighted by Gasteiger charge is 2.35. The first-order valence-electron chi connectivity index (χ1n) is 12.9. The second-order valence-corrected chi connectivity index (χ2v) is 9.66. The van der Waals surface area contributed by atoms with E-state index in [0.717, 1.165) is 0 Å². The van der Waals surface area contributed by atoms with Crippen molar-refractivity contribution in [2.45, 2.75) is 96.6 Å². The van der Waals surface area contributed by atoms with Crippen LogP contribution >= 0.6 is 0 Å². The lowest BCUT2D eigenvalue weighted by Gasteiger charge is -2.30. The molecule has 11 N–H and O–H groups in total. The van der Waals surface area contributed by atoms with E-state index in [-0.39, 0.29) is 12.8 Å². The van der Waals surface area contributed by atoms with Crippen molar-refractivity contribution in [2.75, 3.05) is 6.61 Å². The van der Waals surface area contributed by atoms with Crippen LogP contribution in [0.25, 0.3) is 0 Å². The van der Waals surface area contributed by atoms with Crippen LogP contribution in [0, 0.1) is 11.8 Å². The molecule has 0 heterocycles. The van der Waals surface area contributed by atoms with Gasteiger partial charge in [-0.15, -0.1) is 0 Å². The number of nitrogens with one attached hydrogen (secondary N) is 4. The fourth-order valence-corrected chi connectivity index (χ4v) is 3.45.